The van der Waals surface area contributed by atoms with Gasteiger partial charge in [0, 0.05) is 23.4 Å². The third kappa shape index (κ3) is 5.28. The zero-order valence-corrected chi connectivity index (χ0v) is 20.6. The van der Waals surface area contributed by atoms with Gasteiger partial charge in [-0.15, -0.1) is 0 Å². The number of benzene rings is 2. The number of aliphatic hydroxyl groups is 1. The van der Waals surface area contributed by atoms with Gasteiger partial charge in [0.25, 0.3) is 11.5 Å². The van der Waals surface area contributed by atoms with Crippen molar-refractivity contribution >= 4 is 34.3 Å². The van der Waals surface area contributed by atoms with Crippen LogP contribution in [-0.2, 0) is 13.2 Å². The van der Waals surface area contributed by atoms with Gasteiger partial charge in [0.05, 0.1) is 24.1 Å². The lowest BCUT2D eigenvalue weighted by molar-refractivity contribution is 0.0819. The van der Waals surface area contributed by atoms with E-state index in [0.717, 1.165) is 10.6 Å². The molecular weight excluding hydrogens is 526 g/mol. The standard InChI is InChI=1S/C25H21ClF2N4O6/c1-29-9-19(34)16-6-13(7-18-23(16)30-25(37)32(18)21(35)11-33)10-31-5-4-20(22(26)24(31)36)38-12-14-2-3-15(27)8-17(14)28/h2-8,29,33H,9-12H2,1H3,(H,30,37). The summed E-state index contributed by atoms with van der Waals surface area (Å²) in [6.07, 6.45) is 1.37. The van der Waals surface area contributed by atoms with Crippen LogP contribution in [0.2, 0.25) is 5.02 Å². The Bertz CT molecular complexity index is 1680. The second-order valence-electron chi connectivity index (χ2n) is 8.26. The smallest absolute Gasteiger partial charge is 0.333 e. The molecule has 0 bridgehead atoms. The highest BCUT2D eigenvalue weighted by Gasteiger charge is 2.20. The van der Waals surface area contributed by atoms with Crippen molar-refractivity contribution in [1.29, 1.82) is 0 Å². The van der Waals surface area contributed by atoms with Gasteiger partial charge < -0.3 is 24.7 Å². The number of nitrogens with zero attached hydrogens (tertiary/aromatic N) is 2. The molecule has 4 rings (SSSR count). The number of ether oxygens (including phenoxy) is 1. The fourth-order valence-corrected chi connectivity index (χ4v) is 4.13. The largest absolute Gasteiger partial charge is 0.487 e. The van der Waals surface area contributed by atoms with Crippen molar-refractivity contribution in [2.45, 2.75) is 13.2 Å². The minimum absolute atomic E-state index is 0.0232. The number of fused-ring (bicyclic) bond motifs is 1. The van der Waals surface area contributed by atoms with E-state index in [0.29, 0.717) is 11.6 Å². The fraction of sp³-hybridized carbons (Fsp3) is 0.200. The van der Waals surface area contributed by atoms with Crippen molar-refractivity contribution in [3.63, 3.8) is 0 Å². The molecule has 4 aromatic rings. The lowest BCUT2D eigenvalue weighted by Gasteiger charge is -2.13. The quantitative estimate of drug-likeness (QED) is 0.274. The average molecular weight is 547 g/mol. The summed E-state index contributed by atoms with van der Waals surface area (Å²) < 4.78 is 34.4. The molecule has 0 unspecified atom stereocenters. The van der Waals surface area contributed by atoms with Crippen molar-refractivity contribution < 1.29 is 28.2 Å². The molecule has 0 atom stereocenters. The van der Waals surface area contributed by atoms with Crippen LogP contribution in [0, 0.1) is 11.6 Å². The van der Waals surface area contributed by atoms with Crippen LogP contribution in [0.4, 0.5) is 8.78 Å². The number of pyridine rings is 1. The van der Waals surface area contributed by atoms with Crippen LogP contribution >= 0.6 is 11.6 Å². The number of imidazole rings is 1. The molecule has 2 aromatic carbocycles. The lowest BCUT2D eigenvalue weighted by Crippen LogP contribution is -2.26. The topological polar surface area (TPSA) is 135 Å². The normalized spacial score (nSPS) is 11.2. The number of halogens is 3. The molecule has 0 aliphatic carbocycles. The Balaban J connectivity index is 1.69. The van der Waals surface area contributed by atoms with E-state index in [4.69, 9.17) is 16.3 Å². The number of aromatic amines is 1. The van der Waals surface area contributed by atoms with E-state index in [2.05, 4.69) is 10.3 Å². The molecule has 0 aliphatic heterocycles. The average Bonchev–Trinajstić information content (AvgIpc) is 3.22. The molecule has 0 saturated heterocycles. The first kappa shape index (κ1) is 26.9. The number of hydrogen-bond donors (Lipinski definition) is 3. The molecule has 0 radical (unpaired) electrons. The van der Waals surface area contributed by atoms with Gasteiger partial charge in [-0.2, -0.15) is 0 Å². The van der Waals surface area contributed by atoms with E-state index < -0.39 is 35.4 Å². The molecule has 0 saturated carbocycles. The minimum Gasteiger partial charge on any atom is -0.487 e. The maximum atomic E-state index is 13.9. The van der Waals surface area contributed by atoms with Gasteiger partial charge in [0.1, 0.15) is 35.6 Å². The van der Waals surface area contributed by atoms with Crippen molar-refractivity contribution in [1.82, 2.24) is 19.4 Å². The molecule has 2 aromatic heterocycles. The maximum Gasteiger partial charge on any atom is 0.333 e. The number of H-pyrrole nitrogens is 1. The molecule has 2 heterocycles. The summed E-state index contributed by atoms with van der Waals surface area (Å²) in [4.78, 5) is 52.7. The molecular formula is C25H21ClF2N4O6. The van der Waals surface area contributed by atoms with E-state index in [1.54, 1.807) is 7.05 Å². The Kier molecular flexibility index (Phi) is 7.86. The van der Waals surface area contributed by atoms with Gasteiger partial charge in [0.15, 0.2) is 5.78 Å². The number of nitrogens with one attached hydrogen (secondary N) is 2. The van der Waals surface area contributed by atoms with Gasteiger partial charge in [-0.3, -0.25) is 14.4 Å². The molecule has 10 nitrogen and oxygen atoms in total. The summed E-state index contributed by atoms with van der Waals surface area (Å²) in [5.74, 6) is -2.85. The molecule has 38 heavy (non-hydrogen) atoms. The first-order valence-corrected chi connectivity index (χ1v) is 11.6. The first-order chi connectivity index (χ1) is 18.1. The molecule has 13 heteroatoms. The third-order valence-corrected chi connectivity index (χ3v) is 6.05. The number of Topliss-reactive ketones (excluding diaryl/α,β-unsaturated/α-hetero) is 1. The summed E-state index contributed by atoms with van der Waals surface area (Å²) in [6, 6.07) is 7.31. The fourth-order valence-electron chi connectivity index (χ4n) is 3.91. The number of aromatic nitrogens is 3. The molecule has 0 fully saturated rings. The summed E-state index contributed by atoms with van der Waals surface area (Å²) in [5, 5.41) is 11.7. The minimum atomic E-state index is -0.935. The van der Waals surface area contributed by atoms with Crippen LogP contribution in [-0.4, -0.2) is 51.1 Å². The molecule has 0 aliphatic rings. The predicted molar refractivity (Wildman–Crippen MR) is 134 cm³/mol. The van der Waals surface area contributed by atoms with E-state index in [-0.39, 0.29) is 58.4 Å². The van der Waals surface area contributed by atoms with Gasteiger partial charge in [0.2, 0.25) is 0 Å². The third-order valence-electron chi connectivity index (χ3n) is 5.70. The highest BCUT2D eigenvalue weighted by Crippen LogP contribution is 2.24. The summed E-state index contributed by atoms with van der Waals surface area (Å²) >= 11 is 6.21. The second kappa shape index (κ2) is 11.1. The highest BCUT2D eigenvalue weighted by molar-refractivity contribution is 6.31. The zero-order valence-electron chi connectivity index (χ0n) is 19.9. The van der Waals surface area contributed by atoms with Crippen LogP contribution in [0.25, 0.3) is 11.0 Å². The van der Waals surface area contributed by atoms with E-state index in [1.807, 2.05) is 0 Å². The molecule has 0 spiro atoms. The Labute approximate surface area is 218 Å². The van der Waals surface area contributed by atoms with Crippen molar-refractivity contribution in [3.8, 4) is 5.75 Å². The zero-order chi connectivity index (χ0) is 27.6. The SMILES string of the molecule is CNCC(=O)c1cc(Cn2ccc(OCc3ccc(F)cc3F)c(Cl)c2=O)cc2c1[nH]c(=O)n2C(=O)CO. The van der Waals surface area contributed by atoms with E-state index >= 15 is 0 Å². The Morgan fingerprint density at radius 3 is 2.61 bits per heavy atom. The van der Waals surface area contributed by atoms with Gasteiger partial charge >= 0.3 is 5.69 Å². The van der Waals surface area contributed by atoms with E-state index in [9.17, 15) is 33.1 Å². The summed E-state index contributed by atoms with van der Waals surface area (Å²) in [6.45, 7) is -1.40. The molecule has 0 amide bonds. The van der Waals surface area contributed by atoms with Crippen LogP contribution in [0.15, 0.2) is 52.2 Å². The van der Waals surface area contributed by atoms with Crippen molar-refractivity contribution in [2.24, 2.45) is 0 Å². The molecule has 3 N–H and O–H groups in total. The van der Waals surface area contributed by atoms with Crippen LogP contribution in [0.3, 0.4) is 0 Å². The molecule has 198 valence electrons. The maximum absolute atomic E-state index is 13.9. The number of ketones is 1. The van der Waals surface area contributed by atoms with Crippen molar-refractivity contribution in [3.05, 3.63) is 96.8 Å². The predicted octanol–water partition coefficient (Wildman–Crippen LogP) is 2.08. The monoisotopic (exact) mass is 546 g/mol. The summed E-state index contributed by atoms with van der Waals surface area (Å²) in [5.41, 5.74) is -0.758. The first-order valence-electron chi connectivity index (χ1n) is 11.2. The van der Waals surface area contributed by atoms with Crippen LogP contribution in [0.1, 0.15) is 26.3 Å². The number of carbonyl (C=O) groups is 2. The van der Waals surface area contributed by atoms with Gasteiger partial charge in [-0.1, -0.05) is 11.6 Å². The van der Waals surface area contributed by atoms with Crippen molar-refractivity contribution in [2.75, 3.05) is 20.2 Å². The Hall–Kier alpha value is -4.13. The number of carbonyl (C=O) groups excluding carboxylic acids is 2. The summed E-state index contributed by atoms with van der Waals surface area (Å²) in [7, 11) is 1.57. The number of rotatable bonds is 9. The lowest BCUT2D eigenvalue weighted by atomic mass is 10.0. The Morgan fingerprint density at radius 1 is 1.16 bits per heavy atom. The number of aliphatic hydroxyl groups excluding tert-OH is 1. The Morgan fingerprint density at radius 2 is 1.92 bits per heavy atom. The number of hydrogen-bond acceptors (Lipinski definition) is 7. The number of likely N-dealkylation sites (N-methyl/N-ethyl adjacent to an activating group) is 1. The van der Waals surface area contributed by atoms with Gasteiger partial charge in [-0.05, 0) is 42.9 Å². The second-order valence-corrected chi connectivity index (χ2v) is 8.64. The van der Waals surface area contributed by atoms with Crippen LogP contribution < -0.4 is 21.3 Å². The van der Waals surface area contributed by atoms with E-state index in [1.165, 1.54) is 35.0 Å². The highest BCUT2D eigenvalue weighted by atomic mass is 35.5. The van der Waals surface area contributed by atoms with Gasteiger partial charge in [-0.25, -0.2) is 18.1 Å². The van der Waals surface area contributed by atoms with Crippen LogP contribution in [0.5, 0.6) is 5.75 Å².